The highest BCUT2D eigenvalue weighted by Crippen LogP contribution is 2.07. The molecule has 0 radical (unpaired) electrons. The van der Waals surface area contributed by atoms with E-state index in [1.807, 2.05) is 20.8 Å². The lowest BCUT2D eigenvalue weighted by Crippen LogP contribution is -2.34. The van der Waals surface area contributed by atoms with Gasteiger partial charge in [-0.25, -0.2) is 4.79 Å². The molecule has 0 fully saturated rings. The van der Waals surface area contributed by atoms with Crippen molar-refractivity contribution < 1.29 is 9.59 Å². The summed E-state index contributed by atoms with van der Waals surface area (Å²) in [5, 5.41) is 2.62. The number of aliphatic imine (C=N–C) groups is 1. The van der Waals surface area contributed by atoms with E-state index in [0.717, 1.165) is 0 Å². The van der Waals surface area contributed by atoms with Crippen molar-refractivity contribution in [1.82, 2.24) is 5.32 Å². The summed E-state index contributed by atoms with van der Waals surface area (Å²) < 4.78 is 0. The van der Waals surface area contributed by atoms with E-state index >= 15 is 0 Å². The Bertz CT molecular complexity index is 208. The van der Waals surface area contributed by atoms with Gasteiger partial charge in [-0.05, 0) is 19.3 Å². The minimum absolute atomic E-state index is 0.195. The van der Waals surface area contributed by atoms with Gasteiger partial charge in [0.05, 0.1) is 0 Å². The van der Waals surface area contributed by atoms with E-state index in [0.29, 0.717) is 18.9 Å². The molecule has 0 aromatic heterocycles. The minimum Gasteiger partial charge on any atom is -0.354 e. The minimum atomic E-state index is -0.572. The summed E-state index contributed by atoms with van der Waals surface area (Å²) in [6.07, 6.45) is 2.01. The number of carbonyl (C=O) groups is 1. The smallest absolute Gasteiger partial charge is 0.245 e. The number of nitrogens with zero attached hydrogens (tertiary/aromatic N) is 1. The van der Waals surface area contributed by atoms with Crippen LogP contribution < -0.4 is 5.32 Å². The van der Waals surface area contributed by atoms with Crippen LogP contribution in [0.4, 0.5) is 0 Å². The first-order chi connectivity index (χ1) is 6.11. The Labute approximate surface area is 78.4 Å². The van der Waals surface area contributed by atoms with Crippen molar-refractivity contribution in [2.75, 3.05) is 6.54 Å². The summed E-state index contributed by atoms with van der Waals surface area (Å²) in [5.74, 6) is 0.143. The number of carbonyl (C=O) groups excluding carboxylic acids is 2. The summed E-state index contributed by atoms with van der Waals surface area (Å²) in [4.78, 5) is 24.8. The third-order valence-electron chi connectivity index (χ3n) is 1.56. The predicted octanol–water partition coefficient (Wildman–Crippen LogP) is 0.873. The van der Waals surface area contributed by atoms with Crippen molar-refractivity contribution in [3.05, 3.63) is 0 Å². The Morgan fingerprint density at radius 2 is 2.15 bits per heavy atom. The fraction of sp³-hybridized carbons (Fsp3) is 0.778. The zero-order valence-corrected chi connectivity index (χ0v) is 8.33. The van der Waals surface area contributed by atoms with Crippen LogP contribution in [0.25, 0.3) is 0 Å². The van der Waals surface area contributed by atoms with Crippen LogP contribution >= 0.6 is 0 Å². The molecule has 0 saturated carbocycles. The Hall–Kier alpha value is -1.15. The van der Waals surface area contributed by atoms with E-state index in [-0.39, 0.29) is 5.91 Å². The first-order valence-electron chi connectivity index (χ1n) is 4.46. The molecule has 0 aromatic carbocycles. The standard InChI is InChI=1S/C9H16N2O2/c1-4-10-9(13)8(11-6-12)5-7(2)3/h7-8H,4-5H2,1-3H3,(H,10,13)/t8-/m0/s1. The van der Waals surface area contributed by atoms with E-state index in [1.54, 1.807) is 0 Å². The van der Waals surface area contributed by atoms with E-state index in [2.05, 4.69) is 10.3 Å². The van der Waals surface area contributed by atoms with Crippen LogP contribution in [0.1, 0.15) is 27.2 Å². The van der Waals surface area contributed by atoms with Crippen LogP contribution in [-0.2, 0) is 9.59 Å². The van der Waals surface area contributed by atoms with E-state index in [1.165, 1.54) is 6.08 Å². The van der Waals surface area contributed by atoms with Gasteiger partial charge in [0.25, 0.3) is 0 Å². The van der Waals surface area contributed by atoms with Crippen LogP contribution in [0.15, 0.2) is 4.99 Å². The third kappa shape index (κ3) is 5.15. The van der Waals surface area contributed by atoms with Gasteiger partial charge >= 0.3 is 0 Å². The van der Waals surface area contributed by atoms with Gasteiger partial charge < -0.3 is 5.32 Å². The molecule has 4 heteroatoms. The van der Waals surface area contributed by atoms with Gasteiger partial charge in [0.2, 0.25) is 12.0 Å². The molecule has 1 atom stereocenters. The maximum atomic E-state index is 11.3. The Morgan fingerprint density at radius 3 is 2.54 bits per heavy atom. The lowest BCUT2D eigenvalue weighted by Gasteiger charge is -2.11. The van der Waals surface area contributed by atoms with Crippen LogP contribution in [-0.4, -0.2) is 24.6 Å². The molecule has 0 aliphatic rings. The van der Waals surface area contributed by atoms with Crippen molar-refractivity contribution in [3.8, 4) is 0 Å². The predicted molar refractivity (Wildman–Crippen MR) is 50.0 cm³/mol. The number of hydrogen-bond acceptors (Lipinski definition) is 3. The normalized spacial score (nSPS) is 12.0. The molecule has 0 bridgehead atoms. The summed E-state index contributed by atoms with van der Waals surface area (Å²) in [7, 11) is 0. The second-order valence-corrected chi connectivity index (χ2v) is 3.26. The molecule has 0 spiro atoms. The monoisotopic (exact) mass is 184 g/mol. The number of nitrogens with one attached hydrogen (secondary N) is 1. The van der Waals surface area contributed by atoms with Crippen molar-refractivity contribution in [2.24, 2.45) is 10.9 Å². The molecule has 13 heavy (non-hydrogen) atoms. The summed E-state index contributed by atoms with van der Waals surface area (Å²) in [6.45, 7) is 6.34. The molecule has 1 N–H and O–H groups in total. The van der Waals surface area contributed by atoms with Crippen LogP contribution in [0.2, 0.25) is 0 Å². The van der Waals surface area contributed by atoms with Gasteiger partial charge in [0.1, 0.15) is 6.04 Å². The quantitative estimate of drug-likeness (QED) is 0.509. The number of amides is 1. The highest BCUT2D eigenvalue weighted by molar-refractivity contribution is 5.82. The number of hydrogen-bond donors (Lipinski definition) is 1. The highest BCUT2D eigenvalue weighted by Gasteiger charge is 2.17. The molecule has 0 unspecified atom stereocenters. The molecule has 4 nitrogen and oxygen atoms in total. The molecule has 0 aromatic rings. The Morgan fingerprint density at radius 1 is 1.54 bits per heavy atom. The van der Waals surface area contributed by atoms with E-state index in [9.17, 15) is 9.59 Å². The second-order valence-electron chi connectivity index (χ2n) is 3.26. The van der Waals surface area contributed by atoms with Crippen molar-refractivity contribution >= 4 is 12.0 Å². The largest absolute Gasteiger partial charge is 0.354 e. The summed E-state index contributed by atoms with van der Waals surface area (Å²) in [5.41, 5.74) is 0. The first kappa shape index (κ1) is 11.8. The lowest BCUT2D eigenvalue weighted by molar-refractivity contribution is -0.122. The third-order valence-corrected chi connectivity index (χ3v) is 1.56. The topological polar surface area (TPSA) is 58.5 Å². The Kier molecular flexibility index (Phi) is 5.81. The second kappa shape index (κ2) is 6.38. The van der Waals surface area contributed by atoms with Gasteiger partial charge in [-0.15, -0.1) is 0 Å². The first-order valence-corrected chi connectivity index (χ1v) is 4.46. The van der Waals surface area contributed by atoms with Crippen LogP contribution in [0.5, 0.6) is 0 Å². The molecule has 0 aliphatic carbocycles. The zero-order chi connectivity index (χ0) is 10.3. The van der Waals surface area contributed by atoms with Gasteiger partial charge in [-0.2, -0.15) is 4.99 Å². The molecule has 1 amide bonds. The van der Waals surface area contributed by atoms with Crippen molar-refractivity contribution in [1.29, 1.82) is 0 Å². The number of rotatable bonds is 5. The number of isocyanates is 1. The van der Waals surface area contributed by atoms with Gasteiger partial charge in [-0.3, -0.25) is 4.79 Å². The maximum absolute atomic E-state index is 11.3. The SMILES string of the molecule is CCNC(=O)[C@H](CC(C)C)N=C=O. The van der Waals surface area contributed by atoms with Crippen LogP contribution in [0, 0.1) is 5.92 Å². The molecular weight excluding hydrogens is 168 g/mol. The van der Waals surface area contributed by atoms with Crippen LogP contribution in [0.3, 0.4) is 0 Å². The zero-order valence-electron chi connectivity index (χ0n) is 8.33. The molecule has 0 heterocycles. The fourth-order valence-electron chi connectivity index (χ4n) is 1.02. The van der Waals surface area contributed by atoms with Gasteiger partial charge in [0.15, 0.2) is 0 Å². The average molecular weight is 184 g/mol. The fourth-order valence-corrected chi connectivity index (χ4v) is 1.02. The average Bonchev–Trinajstić information content (AvgIpc) is 2.03. The van der Waals surface area contributed by atoms with Crippen molar-refractivity contribution in [3.63, 3.8) is 0 Å². The van der Waals surface area contributed by atoms with Gasteiger partial charge in [-0.1, -0.05) is 13.8 Å². The lowest BCUT2D eigenvalue weighted by atomic mass is 10.0. The molecule has 0 saturated heterocycles. The van der Waals surface area contributed by atoms with E-state index in [4.69, 9.17) is 0 Å². The maximum Gasteiger partial charge on any atom is 0.245 e. The summed E-state index contributed by atoms with van der Waals surface area (Å²) >= 11 is 0. The summed E-state index contributed by atoms with van der Waals surface area (Å²) in [6, 6.07) is -0.572. The number of likely N-dealkylation sites (N-methyl/N-ethyl adjacent to an activating group) is 1. The molecule has 74 valence electrons. The molecule has 0 aliphatic heterocycles. The van der Waals surface area contributed by atoms with E-state index < -0.39 is 6.04 Å². The van der Waals surface area contributed by atoms with Gasteiger partial charge in [0, 0.05) is 6.54 Å². The molecule has 0 rings (SSSR count). The highest BCUT2D eigenvalue weighted by atomic mass is 16.2. The van der Waals surface area contributed by atoms with Crippen molar-refractivity contribution in [2.45, 2.75) is 33.2 Å². The Balaban J connectivity index is 4.23. The molecular formula is C9H16N2O2.